The minimum absolute atomic E-state index is 0.0492. The number of nitrogens with zero attached hydrogens (tertiary/aromatic N) is 2. The number of rotatable bonds is 4. The van der Waals surface area contributed by atoms with E-state index in [1.165, 1.54) is 18.5 Å². The highest BCUT2D eigenvalue weighted by atomic mass is 16.1. The highest BCUT2D eigenvalue weighted by Crippen LogP contribution is 2.20. The molecule has 1 N–H and O–H groups in total. The molecule has 0 unspecified atom stereocenters. The third kappa shape index (κ3) is 3.40. The predicted octanol–water partition coefficient (Wildman–Crippen LogP) is 2.61. The van der Waals surface area contributed by atoms with Crippen LogP contribution in [0.1, 0.15) is 28.8 Å². The van der Waals surface area contributed by atoms with Crippen molar-refractivity contribution in [3.05, 3.63) is 59.9 Å². The molecular formula is C17H19N3O. The zero-order chi connectivity index (χ0) is 14.5. The maximum atomic E-state index is 12.1. The Morgan fingerprint density at radius 2 is 1.90 bits per heavy atom. The lowest BCUT2D eigenvalue weighted by Gasteiger charge is -2.17. The van der Waals surface area contributed by atoms with Crippen LogP contribution in [-0.2, 0) is 6.54 Å². The first-order chi connectivity index (χ1) is 10.3. The smallest absolute Gasteiger partial charge is 0.251 e. The summed E-state index contributed by atoms with van der Waals surface area (Å²) in [5.41, 5.74) is 2.90. The van der Waals surface area contributed by atoms with Crippen LogP contribution in [0.25, 0.3) is 0 Å². The number of anilines is 1. The second-order valence-electron chi connectivity index (χ2n) is 5.28. The van der Waals surface area contributed by atoms with Gasteiger partial charge in [-0.2, -0.15) is 0 Å². The summed E-state index contributed by atoms with van der Waals surface area (Å²) < 4.78 is 0. The second kappa shape index (κ2) is 6.39. The Bertz CT molecular complexity index is 589. The minimum atomic E-state index is -0.0492. The van der Waals surface area contributed by atoms with Crippen LogP contribution in [0.4, 0.5) is 5.69 Å². The molecule has 0 atom stereocenters. The number of aromatic nitrogens is 1. The SMILES string of the molecule is O=C(NCc1cccnc1)c1ccc(N2CCCC2)cc1. The molecule has 1 amide bonds. The summed E-state index contributed by atoms with van der Waals surface area (Å²) in [6, 6.07) is 11.7. The molecule has 1 aliphatic rings. The Balaban J connectivity index is 1.59. The topological polar surface area (TPSA) is 45.2 Å². The van der Waals surface area contributed by atoms with E-state index in [0.29, 0.717) is 12.1 Å². The van der Waals surface area contributed by atoms with Crippen molar-refractivity contribution in [2.24, 2.45) is 0 Å². The molecule has 0 radical (unpaired) electrons. The monoisotopic (exact) mass is 281 g/mol. The van der Waals surface area contributed by atoms with Crippen molar-refractivity contribution in [1.82, 2.24) is 10.3 Å². The van der Waals surface area contributed by atoms with E-state index in [2.05, 4.69) is 15.2 Å². The Morgan fingerprint density at radius 3 is 2.57 bits per heavy atom. The highest BCUT2D eigenvalue weighted by molar-refractivity contribution is 5.94. The summed E-state index contributed by atoms with van der Waals surface area (Å²) in [6.07, 6.45) is 6.00. The molecule has 21 heavy (non-hydrogen) atoms. The van der Waals surface area contributed by atoms with E-state index in [0.717, 1.165) is 18.7 Å². The minimum Gasteiger partial charge on any atom is -0.372 e. The van der Waals surface area contributed by atoms with Crippen LogP contribution >= 0.6 is 0 Å². The van der Waals surface area contributed by atoms with Crippen LogP contribution in [0.3, 0.4) is 0 Å². The number of nitrogens with one attached hydrogen (secondary N) is 1. The first-order valence-electron chi connectivity index (χ1n) is 7.35. The molecule has 2 heterocycles. The first kappa shape index (κ1) is 13.6. The van der Waals surface area contributed by atoms with E-state index in [1.54, 1.807) is 12.4 Å². The lowest BCUT2D eigenvalue weighted by atomic mass is 10.2. The molecule has 108 valence electrons. The molecule has 1 saturated heterocycles. The van der Waals surface area contributed by atoms with Crippen LogP contribution in [0, 0.1) is 0 Å². The molecule has 1 aliphatic heterocycles. The van der Waals surface area contributed by atoms with Gasteiger partial charge in [-0.3, -0.25) is 9.78 Å². The molecule has 4 nitrogen and oxygen atoms in total. The number of carbonyl (C=O) groups excluding carboxylic acids is 1. The lowest BCUT2D eigenvalue weighted by molar-refractivity contribution is 0.0951. The molecule has 1 fully saturated rings. The van der Waals surface area contributed by atoms with Crippen LogP contribution < -0.4 is 10.2 Å². The summed E-state index contributed by atoms with van der Waals surface area (Å²) in [4.78, 5) is 18.5. The summed E-state index contributed by atoms with van der Waals surface area (Å²) in [5, 5.41) is 2.91. The van der Waals surface area contributed by atoms with Gasteiger partial charge < -0.3 is 10.2 Å². The summed E-state index contributed by atoms with van der Waals surface area (Å²) >= 11 is 0. The fourth-order valence-electron chi connectivity index (χ4n) is 2.59. The molecule has 2 aromatic rings. The number of benzene rings is 1. The zero-order valence-corrected chi connectivity index (χ0v) is 12.0. The van der Waals surface area contributed by atoms with Gasteiger partial charge in [0.25, 0.3) is 5.91 Å². The largest absolute Gasteiger partial charge is 0.372 e. The standard InChI is InChI=1S/C17H19N3O/c21-17(19-13-14-4-3-9-18-12-14)15-5-7-16(8-6-15)20-10-1-2-11-20/h3-9,12H,1-2,10-11,13H2,(H,19,21). The van der Waals surface area contributed by atoms with E-state index in [9.17, 15) is 4.79 Å². The number of hydrogen-bond acceptors (Lipinski definition) is 3. The van der Waals surface area contributed by atoms with Crippen molar-refractivity contribution in [3.63, 3.8) is 0 Å². The van der Waals surface area contributed by atoms with Gasteiger partial charge in [-0.1, -0.05) is 6.07 Å². The van der Waals surface area contributed by atoms with E-state index in [4.69, 9.17) is 0 Å². The van der Waals surface area contributed by atoms with Gasteiger partial charge in [0.1, 0.15) is 0 Å². The van der Waals surface area contributed by atoms with Crippen molar-refractivity contribution in [1.29, 1.82) is 0 Å². The first-order valence-corrected chi connectivity index (χ1v) is 7.35. The number of carbonyl (C=O) groups is 1. The summed E-state index contributed by atoms with van der Waals surface area (Å²) in [7, 11) is 0. The van der Waals surface area contributed by atoms with Crippen molar-refractivity contribution in [2.45, 2.75) is 19.4 Å². The van der Waals surface area contributed by atoms with Crippen molar-refractivity contribution in [3.8, 4) is 0 Å². The van der Waals surface area contributed by atoms with Crippen LogP contribution in [0.2, 0.25) is 0 Å². The van der Waals surface area contributed by atoms with E-state index >= 15 is 0 Å². The molecule has 1 aromatic carbocycles. The average Bonchev–Trinajstić information content (AvgIpc) is 3.08. The maximum Gasteiger partial charge on any atom is 0.251 e. The molecule has 3 rings (SSSR count). The molecule has 1 aromatic heterocycles. The Morgan fingerprint density at radius 1 is 1.14 bits per heavy atom. The maximum absolute atomic E-state index is 12.1. The number of hydrogen-bond donors (Lipinski definition) is 1. The highest BCUT2D eigenvalue weighted by Gasteiger charge is 2.12. The zero-order valence-electron chi connectivity index (χ0n) is 12.0. The molecular weight excluding hydrogens is 262 g/mol. The summed E-state index contributed by atoms with van der Waals surface area (Å²) in [5.74, 6) is -0.0492. The third-order valence-corrected chi connectivity index (χ3v) is 3.78. The van der Waals surface area contributed by atoms with Crippen molar-refractivity contribution in [2.75, 3.05) is 18.0 Å². The Kier molecular flexibility index (Phi) is 4.15. The van der Waals surface area contributed by atoms with E-state index in [-0.39, 0.29) is 5.91 Å². The number of pyridine rings is 1. The Hall–Kier alpha value is -2.36. The fraction of sp³-hybridized carbons (Fsp3) is 0.294. The average molecular weight is 281 g/mol. The van der Waals surface area contributed by atoms with Gasteiger partial charge in [0.2, 0.25) is 0 Å². The lowest BCUT2D eigenvalue weighted by Crippen LogP contribution is -2.23. The summed E-state index contributed by atoms with van der Waals surface area (Å²) in [6.45, 7) is 2.74. The van der Waals surface area contributed by atoms with Gasteiger partial charge in [0.15, 0.2) is 0 Å². The van der Waals surface area contributed by atoms with E-state index < -0.39 is 0 Å². The number of amides is 1. The molecule has 4 heteroatoms. The van der Waals surface area contributed by atoms with Gasteiger partial charge in [0.05, 0.1) is 0 Å². The van der Waals surface area contributed by atoms with Crippen molar-refractivity contribution >= 4 is 11.6 Å². The Labute approximate surface area is 124 Å². The predicted molar refractivity (Wildman–Crippen MR) is 83.3 cm³/mol. The van der Waals surface area contributed by atoms with Crippen LogP contribution in [0.15, 0.2) is 48.8 Å². The molecule has 0 aliphatic carbocycles. The molecule has 0 spiro atoms. The van der Waals surface area contributed by atoms with Crippen molar-refractivity contribution < 1.29 is 4.79 Å². The molecule has 0 bridgehead atoms. The van der Waals surface area contributed by atoms with Crippen LogP contribution in [-0.4, -0.2) is 24.0 Å². The molecule has 0 saturated carbocycles. The normalized spacial score (nSPS) is 14.2. The van der Waals surface area contributed by atoms with Gasteiger partial charge >= 0.3 is 0 Å². The van der Waals surface area contributed by atoms with Gasteiger partial charge in [-0.25, -0.2) is 0 Å². The third-order valence-electron chi connectivity index (χ3n) is 3.78. The van der Waals surface area contributed by atoms with Gasteiger partial charge in [-0.05, 0) is 48.7 Å². The van der Waals surface area contributed by atoms with Gasteiger partial charge in [0, 0.05) is 43.3 Å². The van der Waals surface area contributed by atoms with Crippen LogP contribution in [0.5, 0.6) is 0 Å². The van der Waals surface area contributed by atoms with Gasteiger partial charge in [-0.15, -0.1) is 0 Å². The van der Waals surface area contributed by atoms with E-state index in [1.807, 2.05) is 36.4 Å². The fourth-order valence-corrected chi connectivity index (χ4v) is 2.59. The quantitative estimate of drug-likeness (QED) is 0.937. The second-order valence-corrected chi connectivity index (χ2v) is 5.28.